The van der Waals surface area contributed by atoms with E-state index in [1.807, 2.05) is 18.9 Å². The summed E-state index contributed by atoms with van der Waals surface area (Å²) < 4.78 is 5.76. The van der Waals surface area contributed by atoms with Crippen molar-refractivity contribution < 1.29 is 9.53 Å². The highest BCUT2D eigenvalue weighted by Crippen LogP contribution is 2.45. The number of nitrogens with one attached hydrogen (secondary N) is 1. The zero-order valence-electron chi connectivity index (χ0n) is 13.4. The summed E-state index contributed by atoms with van der Waals surface area (Å²) in [5.41, 5.74) is 0.0779. The molecule has 0 bridgehead atoms. The molecule has 2 aliphatic rings. The summed E-state index contributed by atoms with van der Waals surface area (Å²) in [6.45, 7) is 9.35. The Balaban J connectivity index is 1.84. The van der Waals surface area contributed by atoms with E-state index in [0.29, 0.717) is 30.4 Å². The van der Waals surface area contributed by atoms with Crippen molar-refractivity contribution in [2.75, 3.05) is 26.7 Å². The number of nitrogens with zero attached hydrogens (tertiary/aromatic N) is 1. The topological polar surface area (TPSA) is 41.6 Å². The first kappa shape index (κ1) is 15.8. The predicted molar refractivity (Wildman–Crippen MR) is 80.6 cm³/mol. The van der Waals surface area contributed by atoms with Gasteiger partial charge in [0.1, 0.15) is 0 Å². The molecular weight excluding hydrogens is 252 g/mol. The number of carbonyl (C=O) groups excluding carboxylic acids is 1. The molecule has 1 saturated heterocycles. The molecule has 2 rings (SSSR count). The number of hydrogen-bond acceptors (Lipinski definition) is 3. The lowest BCUT2D eigenvalue weighted by Gasteiger charge is -2.55. The molecule has 1 amide bonds. The molecule has 2 fully saturated rings. The van der Waals surface area contributed by atoms with Crippen molar-refractivity contribution in [2.45, 2.75) is 58.6 Å². The normalized spacial score (nSPS) is 29.8. The van der Waals surface area contributed by atoms with Gasteiger partial charge < -0.3 is 15.0 Å². The molecule has 2 atom stereocenters. The van der Waals surface area contributed by atoms with Crippen molar-refractivity contribution in [1.29, 1.82) is 0 Å². The van der Waals surface area contributed by atoms with Crippen LogP contribution in [0.2, 0.25) is 0 Å². The second-order valence-corrected chi connectivity index (χ2v) is 6.92. The minimum absolute atomic E-state index is 0.0779. The standard InChI is InChI=1S/C16H30N2O2/c1-5-20-14-11-13(16(14,2)3)18(4)15(19)10-12-6-8-17-9-7-12/h12-14,17H,5-11H2,1-4H3/t13-,14+/m0/s1. The van der Waals surface area contributed by atoms with Crippen LogP contribution >= 0.6 is 0 Å². The van der Waals surface area contributed by atoms with Crippen LogP contribution in [0.3, 0.4) is 0 Å². The van der Waals surface area contributed by atoms with Crippen LogP contribution < -0.4 is 5.32 Å². The molecule has 116 valence electrons. The van der Waals surface area contributed by atoms with Gasteiger partial charge in [0.15, 0.2) is 0 Å². The Labute approximate surface area is 123 Å². The van der Waals surface area contributed by atoms with Gasteiger partial charge in [-0.15, -0.1) is 0 Å². The van der Waals surface area contributed by atoms with E-state index in [4.69, 9.17) is 4.74 Å². The van der Waals surface area contributed by atoms with E-state index >= 15 is 0 Å². The van der Waals surface area contributed by atoms with Crippen molar-refractivity contribution in [2.24, 2.45) is 11.3 Å². The second-order valence-electron chi connectivity index (χ2n) is 6.92. The van der Waals surface area contributed by atoms with Gasteiger partial charge in [0.05, 0.1) is 6.10 Å². The second kappa shape index (κ2) is 6.44. The Kier molecular flexibility index (Phi) is 5.08. The van der Waals surface area contributed by atoms with E-state index < -0.39 is 0 Å². The van der Waals surface area contributed by atoms with Gasteiger partial charge in [-0.2, -0.15) is 0 Å². The van der Waals surface area contributed by atoms with Gasteiger partial charge in [0, 0.05) is 31.5 Å². The number of ether oxygens (including phenoxy) is 1. The van der Waals surface area contributed by atoms with Gasteiger partial charge in [-0.25, -0.2) is 0 Å². The zero-order chi connectivity index (χ0) is 14.8. The maximum absolute atomic E-state index is 12.5. The molecular formula is C16H30N2O2. The lowest BCUT2D eigenvalue weighted by molar-refractivity contribution is -0.164. The Hall–Kier alpha value is -0.610. The van der Waals surface area contributed by atoms with Crippen molar-refractivity contribution >= 4 is 5.91 Å². The predicted octanol–water partition coefficient (Wildman–Crippen LogP) is 2.04. The minimum atomic E-state index is 0.0779. The van der Waals surface area contributed by atoms with Gasteiger partial charge in [0.2, 0.25) is 5.91 Å². The van der Waals surface area contributed by atoms with Gasteiger partial charge in [-0.05, 0) is 45.2 Å². The fourth-order valence-electron chi connectivity index (χ4n) is 3.66. The molecule has 4 heteroatoms. The molecule has 1 aliphatic heterocycles. The molecule has 0 spiro atoms. The van der Waals surface area contributed by atoms with Crippen LogP contribution in [-0.4, -0.2) is 49.7 Å². The first-order valence-electron chi connectivity index (χ1n) is 8.04. The monoisotopic (exact) mass is 282 g/mol. The Morgan fingerprint density at radius 2 is 2.00 bits per heavy atom. The van der Waals surface area contributed by atoms with Gasteiger partial charge >= 0.3 is 0 Å². The Morgan fingerprint density at radius 3 is 2.55 bits per heavy atom. The van der Waals surface area contributed by atoms with Gasteiger partial charge in [-0.3, -0.25) is 4.79 Å². The molecule has 0 aromatic rings. The summed E-state index contributed by atoms with van der Waals surface area (Å²) in [4.78, 5) is 14.4. The van der Waals surface area contributed by atoms with E-state index in [9.17, 15) is 4.79 Å². The summed E-state index contributed by atoms with van der Waals surface area (Å²) >= 11 is 0. The maximum atomic E-state index is 12.5. The molecule has 4 nitrogen and oxygen atoms in total. The average molecular weight is 282 g/mol. The van der Waals surface area contributed by atoms with Crippen molar-refractivity contribution in [3.05, 3.63) is 0 Å². The minimum Gasteiger partial charge on any atom is -0.378 e. The number of carbonyl (C=O) groups is 1. The molecule has 1 aliphatic carbocycles. The fraction of sp³-hybridized carbons (Fsp3) is 0.938. The first-order chi connectivity index (χ1) is 9.46. The SMILES string of the molecule is CCO[C@@H]1C[C@H](N(C)C(=O)CC2CCNCC2)C1(C)C. The highest BCUT2D eigenvalue weighted by molar-refractivity contribution is 5.76. The molecule has 1 heterocycles. The van der Waals surface area contributed by atoms with Crippen molar-refractivity contribution in [1.82, 2.24) is 10.2 Å². The zero-order valence-corrected chi connectivity index (χ0v) is 13.4. The third-order valence-electron chi connectivity index (χ3n) is 5.28. The molecule has 0 aromatic heterocycles. The average Bonchev–Trinajstić information content (AvgIpc) is 2.43. The van der Waals surface area contributed by atoms with Crippen molar-refractivity contribution in [3.8, 4) is 0 Å². The number of piperidine rings is 1. The molecule has 1 saturated carbocycles. The van der Waals surface area contributed by atoms with Gasteiger partial charge in [-0.1, -0.05) is 13.8 Å². The van der Waals surface area contributed by atoms with Gasteiger partial charge in [0.25, 0.3) is 0 Å². The Bertz CT molecular complexity index is 337. The molecule has 0 unspecified atom stereocenters. The molecule has 0 radical (unpaired) electrons. The van der Waals surface area contributed by atoms with Crippen LogP contribution in [0.4, 0.5) is 0 Å². The van der Waals surface area contributed by atoms with Crippen LogP contribution in [0.5, 0.6) is 0 Å². The van der Waals surface area contributed by atoms with Crippen LogP contribution in [0.1, 0.15) is 46.5 Å². The van der Waals surface area contributed by atoms with E-state index in [1.165, 1.54) is 0 Å². The lowest BCUT2D eigenvalue weighted by Crippen LogP contribution is -2.62. The first-order valence-corrected chi connectivity index (χ1v) is 8.04. The summed E-state index contributed by atoms with van der Waals surface area (Å²) in [6, 6.07) is 0.327. The largest absolute Gasteiger partial charge is 0.378 e. The summed E-state index contributed by atoms with van der Waals surface area (Å²) in [5.74, 6) is 0.877. The van der Waals surface area contributed by atoms with Crippen LogP contribution in [0.15, 0.2) is 0 Å². The van der Waals surface area contributed by atoms with Crippen LogP contribution in [0.25, 0.3) is 0 Å². The van der Waals surface area contributed by atoms with E-state index in [-0.39, 0.29) is 5.41 Å². The smallest absolute Gasteiger partial charge is 0.222 e. The van der Waals surface area contributed by atoms with Crippen molar-refractivity contribution in [3.63, 3.8) is 0 Å². The maximum Gasteiger partial charge on any atom is 0.222 e. The van der Waals surface area contributed by atoms with E-state index in [2.05, 4.69) is 19.2 Å². The highest BCUT2D eigenvalue weighted by atomic mass is 16.5. The summed E-state index contributed by atoms with van der Waals surface area (Å²) in [6.07, 6.45) is 4.26. The third kappa shape index (κ3) is 3.17. The fourth-order valence-corrected chi connectivity index (χ4v) is 3.66. The third-order valence-corrected chi connectivity index (χ3v) is 5.28. The highest BCUT2D eigenvalue weighted by Gasteiger charge is 2.51. The van der Waals surface area contributed by atoms with Crippen LogP contribution in [-0.2, 0) is 9.53 Å². The molecule has 1 N–H and O–H groups in total. The quantitative estimate of drug-likeness (QED) is 0.839. The summed E-state index contributed by atoms with van der Waals surface area (Å²) in [5, 5.41) is 3.35. The van der Waals surface area contributed by atoms with E-state index in [0.717, 1.165) is 39.0 Å². The summed E-state index contributed by atoms with van der Waals surface area (Å²) in [7, 11) is 1.97. The lowest BCUT2D eigenvalue weighted by atomic mass is 9.63. The van der Waals surface area contributed by atoms with Crippen LogP contribution in [0, 0.1) is 11.3 Å². The molecule has 20 heavy (non-hydrogen) atoms. The number of hydrogen-bond donors (Lipinski definition) is 1. The van der Waals surface area contributed by atoms with E-state index in [1.54, 1.807) is 0 Å². The Morgan fingerprint density at radius 1 is 1.35 bits per heavy atom. The number of rotatable bonds is 5. The molecule has 0 aromatic carbocycles. The number of amides is 1.